The van der Waals surface area contributed by atoms with Gasteiger partial charge in [0.25, 0.3) is 0 Å². The topological polar surface area (TPSA) is 46.0 Å². The smallest absolute Gasteiger partial charge is 0.170 e. The van der Waals surface area contributed by atoms with E-state index in [1.807, 2.05) is 54.7 Å². The molecule has 1 aliphatic rings. The zero-order chi connectivity index (χ0) is 22.1. The number of thiocarbonyl (C=S) groups is 1. The highest BCUT2D eigenvalue weighted by molar-refractivity contribution is 7.80. The third-order valence-corrected chi connectivity index (χ3v) is 6.44. The Labute approximate surface area is 201 Å². The Morgan fingerprint density at radius 1 is 0.969 bits per heavy atom. The molecule has 0 spiro atoms. The molecule has 5 rings (SSSR count). The number of benzene rings is 1. The molecule has 2 unspecified atom stereocenters. The number of pyridine rings is 2. The lowest BCUT2D eigenvalue weighted by atomic mass is 10.0. The Kier molecular flexibility index (Phi) is 5.83. The van der Waals surface area contributed by atoms with E-state index in [4.69, 9.17) is 35.4 Å². The summed E-state index contributed by atoms with van der Waals surface area (Å²) < 4.78 is 2.09. The van der Waals surface area contributed by atoms with Crippen molar-refractivity contribution >= 4 is 40.5 Å². The van der Waals surface area contributed by atoms with Crippen LogP contribution >= 0.6 is 35.4 Å². The van der Waals surface area contributed by atoms with Crippen LogP contribution in [0.5, 0.6) is 0 Å². The van der Waals surface area contributed by atoms with Gasteiger partial charge in [-0.15, -0.1) is 0 Å². The lowest BCUT2D eigenvalue weighted by Crippen LogP contribution is -2.30. The van der Waals surface area contributed by atoms with E-state index in [-0.39, 0.29) is 12.1 Å². The molecule has 1 aromatic carbocycles. The summed E-state index contributed by atoms with van der Waals surface area (Å²) in [6.45, 7) is 0.641. The summed E-state index contributed by atoms with van der Waals surface area (Å²) in [6, 6.07) is 19.3. The highest BCUT2D eigenvalue weighted by Gasteiger charge is 2.41. The van der Waals surface area contributed by atoms with Gasteiger partial charge in [-0.1, -0.05) is 29.3 Å². The predicted molar refractivity (Wildman–Crippen MR) is 131 cm³/mol. The number of hydrogen-bond acceptors (Lipinski definition) is 3. The van der Waals surface area contributed by atoms with E-state index in [0.717, 1.165) is 22.6 Å². The van der Waals surface area contributed by atoms with Crippen LogP contribution in [-0.4, -0.2) is 24.5 Å². The molecule has 0 amide bonds. The Morgan fingerprint density at radius 3 is 2.56 bits per heavy atom. The van der Waals surface area contributed by atoms with Crippen molar-refractivity contribution in [3.8, 4) is 5.69 Å². The number of rotatable bonds is 5. The number of halogens is 2. The van der Waals surface area contributed by atoms with Crippen molar-refractivity contribution in [1.29, 1.82) is 0 Å². The summed E-state index contributed by atoms with van der Waals surface area (Å²) in [4.78, 5) is 10.9. The fraction of sp³-hybridized carbons (Fsp3) is 0.125. The van der Waals surface area contributed by atoms with Crippen molar-refractivity contribution < 1.29 is 0 Å². The van der Waals surface area contributed by atoms with Crippen molar-refractivity contribution in [2.75, 3.05) is 0 Å². The molecule has 32 heavy (non-hydrogen) atoms. The van der Waals surface area contributed by atoms with E-state index in [0.29, 0.717) is 21.7 Å². The quantitative estimate of drug-likeness (QED) is 0.369. The van der Waals surface area contributed by atoms with Crippen molar-refractivity contribution in [2.45, 2.75) is 18.6 Å². The Morgan fingerprint density at radius 2 is 1.81 bits per heavy atom. The molecule has 160 valence electrons. The highest BCUT2D eigenvalue weighted by Crippen LogP contribution is 2.41. The molecule has 2 atom stereocenters. The van der Waals surface area contributed by atoms with Crippen LogP contribution in [0.4, 0.5) is 0 Å². The lowest BCUT2D eigenvalue weighted by Gasteiger charge is -2.29. The fourth-order valence-corrected chi connectivity index (χ4v) is 4.92. The Bertz CT molecular complexity index is 1250. The van der Waals surface area contributed by atoms with Gasteiger partial charge in [-0.2, -0.15) is 0 Å². The van der Waals surface area contributed by atoms with Gasteiger partial charge in [-0.25, -0.2) is 0 Å². The van der Waals surface area contributed by atoms with Gasteiger partial charge in [0.05, 0.1) is 28.5 Å². The van der Waals surface area contributed by atoms with Gasteiger partial charge in [-0.05, 0) is 72.4 Å². The zero-order valence-corrected chi connectivity index (χ0v) is 19.2. The van der Waals surface area contributed by atoms with E-state index in [1.54, 1.807) is 24.7 Å². The van der Waals surface area contributed by atoms with E-state index in [1.165, 1.54) is 0 Å². The molecular formula is C24H19Cl2N5S. The molecule has 0 saturated carbocycles. The maximum Gasteiger partial charge on any atom is 0.170 e. The van der Waals surface area contributed by atoms with Crippen molar-refractivity contribution in [2.24, 2.45) is 0 Å². The summed E-state index contributed by atoms with van der Waals surface area (Å²) in [5, 5.41) is 5.35. The van der Waals surface area contributed by atoms with E-state index in [2.05, 4.69) is 30.8 Å². The van der Waals surface area contributed by atoms with Gasteiger partial charge < -0.3 is 14.8 Å². The van der Waals surface area contributed by atoms with Crippen molar-refractivity contribution in [3.05, 3.63) is 112 Å². The van der Waals surface area contributed by atoms with Crippen LogP contribution in [0, 0.1) is 0 Å². The summed E-state index contributed by atoms with van der Waals surface area (Å²) in [5.74, 6) is 0. The molecule has 1 fully saturated rings. The zero-order valence-electron chi connectivity index (χ0n) is 16.9. The molecule has 4 aromatic rings. The van der Waals surface area contributed by atoms with E-state index < -0.39 is 0 Å². The van der Waals surface area contributed by atoms with Crippen molar-refractivity contribution in [3.63, 3.8) is 0 Å². The second-order valence-corrected chi connectivity index (χ2v) is 8.74. The summed E-state index contributed by atoms with van der Waals surface area (Å²) in [5.41, 5.74) is 3.95. The molecule has 5 nitrogen and oxygen atoms in total. The third-order valence-electron chi connectivity index (χ3n) is 5.55. The Hall–Kier alpha value is -2.93. The van der Waals surface area contributed by atoms with Gasteiger partial charge >= 0.3 is 0 Å². The average Bonchev–Trinajstić information content (AvgIpc) is 3.40. The molecule has 1 N–H and O–H groups in total. The minimum absolute atomic E-state index is 0.104. The van der Waals surface area contributed by atoms with Gasteiger partial charge in [0.15, 0.2) is 5.11 Å². The first-order valence-electron chi connectivity index (χ1n) is 10.1. The highest BCUT2D eigenvalue weighted by atomic mass is 35.5. The number of aromatic nitrogens is 3. The minimum atomic E-state index is -0.120. The summed E-state index contributed by atoms with van der Waals surface area (Å²) >= 11 is 18.5. The van der Waals surface area contributed by atoms with Gasteiger partial charge in [0.1, 0.15) is 0 Å². The second-order valence-electron chi connectivity index (χ2n) is 7.51. The molecular weight excluding hydrogens is 461 g/mol. The first-order chi connectivity index (χ1) is 15.6. The number of nitrogens with one attached hydrogen (secondary N) is 1. The SMILES string of the molecule is S=C1NC(c2ccccn2)C(c2cccn2-c2ccc(Cl)cc2Cl)N1Cc1ccncc1. The minimum Gasteiger partial charge on any atom is -0.352 e. The molecule has 0 radical (unpaired) electrons. The average molecular weight is 480 g/mol. The van der Waals surface area contributed by atoms with Crippen molar-refractivity contribution in [1.82, 2.24) is 24.8 Å². The van der Waals surface area contributed by atoms with Crippen LogP contribution in [-0.2, 0) is 6.54 Å². The van der Waals surface area contributed by atoms with Crippen LogP contribution in [0.2, 0.25) is 10.0 Å². The van der Waals surface area contributed by atoms with Gasteiger partial charge in [0.2, 0.25) is 0 Å². The number of nitrogens with zero attached hydrogens (tertiary/aromatic N) is 4. The normalized spacial score (nSPS) is 18.1. The van der Waals surface area contributed by atoms with Crippen LogP contribution < -0.4 is 5.32 Å². The standard InChI is InChI=1S/C24H19Cl2N5S/c25-17-6-7-20(18(26)14-17)30-13-3-5-21(30)23-22(19-4-1-2-10-28-19)29-24(32)31(23)15-16-8-11-27-12-9-16/h1-14,22-23H,15H2,(H,29,32). The van der Waals surface area contributed by atoms with E-state index in [9.17, 15) is 0 Å². The van der Waals surface area contributed by atoms with Gasteiger partial charge in [0, 0.05) is 42.0 Å². The monoisotopic (exact) mass is 479 g/mol. The molecule has 4 heterocycles. The molecule has 8 heteroatoms. The third kappa shape index (κ3) is 3.97. The molecule has 0 aliphatic carbocycles. The first-order valence-corrected chi connectivity index (χ1v) is 11.3. The fourth-order valence-electron chi connectivity index (χ4n) is 4.11. The summed E-state index contributed by atoms with van der Waals surface area (Å²) in [7, 11) is 0. The first kappa shape index (κ1) is 20.9. The molecule has 3 aromatic heterocycles. The maximum atomic E-state index is 6.57. The summed E-state index contributed by atoms with van der Waals surface area (Å²) in [6.07, 6.45) is 7.40. The lowest BCUT2D eigenvalue weighted by molar-refractivity contribution is 0.302. The molecule has 0 bridgehead atoms. The maximum absolute atomic E-state index is 6.57. The molecule has 1 aliphatic heterocycles. The number of hydrogen-bond donors (Lipinski definition) is 1. The Balaban J connectivity index is 1.62. The second kappa shape index (κ2) is 8.90. The van der Waals surface area contributed by atoms with Crippen LogP contribution in [0.3, 0.4) is 0 Å². The van der Waals surface area contributed by atoms with Crippen LogP contribution in [0.25, 0.3) is 5.69 Å². The predicted octanol–water partition coefficient (Wildman–Crippen LogP) is 5.75. The molecule has 1 saturated heterocycles. The van der Waals surface area contributed by atoms with Gasteiger partial charge in [-0.3, -0.25) is 9.97 Å². The largest absolute Gasteiger partial charge is 0.352 e. The van der Waals surface area contributed by atoms with Crippen LogP contribution in [0.15, 0.2) is 85.5 Å². The van der Waals surface area contributed by atoms with Crippen LogP contribution in [0.1, 0.15) is 29.0 Å². The van der Waals surface area contributed by atoms with E-state index >= 15 is 0 Å².